The van der Waals surface area contributed by atoms with Crippen LogP contribution in [0.4, 0.5) is 5.69 Å². The maximum atomic E-state index is 12.7. The van der Waals surface area contributed by atoms with Gasteiger partial charge in [0.2, 0.25) is 5.91 Å². The van der Waals surface area contributed by atoms with E-state index in [4.69, 9.17) is 4.99 Å². The molecular formula is C21H39IN8O. The average Bonchev–Trinajstić information content (AvgIpc) is 3.17. The van der Waals surface area contributed by atoms with Crippen molar-refractivity contribution in [3.63, 3.8) is 0 Å². The molecule has 2 fully saturated rings. The molecule has 0 aliphatic carbocycles. The second-order valence-corrected chi connectivity index (χ2v) is 8.37. The summed E-state index contributed by atoms with van der Waals surface area (Å²) in [7, 11) is 1.87. The molecule has 1 atom stereocenters. The first-order valence-corrected chi connectivity index (χ1v) is 11.3. The Morgan fingerprint density at radius 2 is 1.87 bits per heavy atom. The van der Waals surface area contributed by atoms with Crippen LogP contribution < -0.4 is 10.2 Å². The first-order chi connectivity index (χ1) is 14.5. The monoisotopic (exact) mass is 546 g/mol. The molecule has 2 aliphatic heterocycles. The molecule has 0 aromatic carbocycles. The standard InChI is InChI=1S/C21H38N8O.HI/c1-5-22-21(23-13-18(3)15-27-9-7-26(6-2)8-10-27)28-11-12-29(20(30)17-28)19-14-24-25(4)16-19;/h14,16,18H,5-13,15,17H2,1-4H3,(H,22,23);1H. The van der Waals surface area contributed by atoms with Crippen molar-refractivity contribution in [2.75, 3.05) is 76.9 Å². The molecule has 1 unspecified atom stereocenters. The van der Waals surface area contributed by atoms with E-state index in [1.807, 2.05) is 18.1 Å². The molecule has 1 aromatic rings. The van der Waals surface area contributed by atoms with Crippen LogP contribution in [0.15, 0.2) is 17.4 Å². The highest BCUT2D eigenvalue weighted by Crippen LogP contribution is 2.16. The average molecular weight is 547 g/mol. The number of halogens is 1. The number of carbonyl (C=O) groups excluding carboxylic acids is 1. The van der Waals surface area contributed by atoms with Gasteiger partial charge in [0.25, 0.3) is 0 Å². The maximum Gasteiger partial charge on any atom is 0.246 e. The molecule has 1 amide bonds. The van der Waals surface area contributed by atoms with Crippen LogP contribution in [0.5, 0.6) is 0 Å². The van der Waals surface area contributed by atoms with Crippen LogP contribution in [-0.4, -0.2) is 108 Å². The molecule has 1 N–H and O–H groups in total. The van der Waals surface area contributed by atoms with Gasteiger partial charge in [0.05, 0.1) is 11.9 Å². The lowest BCUT2D eigenvalue weighted by Crippen LogP contribution is -2.55. The minimum absolute atomic E-state index is 0. The highest BCUT2D eigenvalue weighted by Gasteiger charge is 2.27. The summed E-state index contributed by atoms with van der Waals surface area (Å²) in [5.41, 5.74) is 0.862. The van der Waals surface area contributed by atoms with Gasteiger partial charge in [-0.15, -0.1) is 24.0 Å². The number of carbonyl (C=O) groups is 1. The number of aliphatic imine (C=N–C) groups is 1. The summed E-state index contributed by atoms with van der Waals surface area (Å²) in [6, 6.07) is 0. The van der Waals surface area contributed by atoms with Gasteiger partial charge in [-0.2, -0.15) is 5.10 Å². The Hall–Kier alpha value is -1.40. The van der Waals surface area contributed by atoms with Gasteiger partial charge >= 0.3 is 0 Å². The van der Waals surface area contributed by atoms with Crippen LogP contribution >= 0.6 is 24.0 Å². The molecule has 2 saturated heterocycles. The van der Waals surface area contributed by atoms with Gasteiger partial charge in [-0.1, -0.05) is 13.8 Å². The Balaban J connectivity index is 0.00000341. The zero-order chi connectivity index (χ0) is 21.5. The summed E-state index contributed by atoms with van der Waals surface area (Å²) in [5.74, 6) is 1.42. The van der Waals surface area contributed by atoms with Gasteiger partial charge in [-0.05, 0) is 19.4 Å². The van der Waals surface area contributed by atoms with Gasteiger partial charge in [-0.3, -0.25) is 14.5 Å². The molecular weight excluding hydrogens is 507 g/mol. The van der Waals surface area contributed by atoms with E-state index in [-0.39, 0.29) is 29.9 Å². The van der Waals surface area contributed by atoms with Gasteiger partial charge in [0.15, 0.2) is 5.96 Å². The number of anilines is 1. The van der Waals surface area contributed by atoms with Crippen LogP contribution in [0.25, 0.3) is 0 Å². The number of hydrogen-bond acceptors (Lipinski definition) is 5. The molecule has 0 bridgehead atoms. The predicted octanol–water partition coefficient (Wildman–Crippen LogP) is 0.926. The molecule has 2 aliphatic rings. The third-order valence-electron chi connectivity index (χ3n) is 5.89. The SMILES string of the molecule is CCNC(=NCC(C)CN1CCN(CC)CC1)N1CCN(c2cnn(C)c2)C(=O)C1.I. The van der Waals surface area contributed by atoms with Crippen LogP contribution in [0.1, 0.15) is 20.8 Å². The summed E-state index contributed by atoms with van der Waals surface area (Å²) in [5, 5.41) is 7.55. The molecule has 0 spiro atoms. The fourth-order valence-electron chi connectivity index (χ4n) is 4.13. The van der Waals surface area contributed by atoms with Crippen molar-refractivity contribution < 1.29 is 4.79 Å². The van der Waals surface area contributed by atoms with Crippen molar-refractivity contribution in [2.24, 2.45) is 18.0 Å². The second kappa shape index (κ2) is 12.6. The first kappa shape index (κ1) is 25.9. The Kier molecular flexibility index (Phi) is 10.5. The number of likely N-dealkylation sites (N-methyl/N-ethyl adjacent to an activating group) is 1. The number of aromatic nitrogens is 2. The van der Waals surface area contributed by atoms with E-state index >= 15 is 0 Å². The topological polar surface area (TPSA) is 72.2 Å². The summed E-state index contributed by atoms with van der Waals surface area (Å²) >= 11 is 0. The number of amides is 1. The number of aryl methyl sites for hydroxylation is 1. The van der Waals surface area contributed by atoms with Crippen LogP contribution in [0, 0.1) is 5.92 Å². The van der Waals surface area contributed by atoms with Crippen molar-refractivity contribution in [1.29, 1.82) is 0 Å². The predicted molar refractivity (Wildman–Crippen MR) is 136 cm³/mol. The second-order valence-electron chi connectivity index (χ2n) is 8.37. The van der Waals surface area contributed by atoms with E-state index in [1.165, 1.54) is 13.1 Å². The Labute approximate surface area is 203 Å². The van der Waals surface area contributed by atoms with E-state index in [1.54, 1.807) is 10.9 Å². The summed E-state index contributed by atoms with van der Waals surface area (Å²) in [6.45, 7) is 16.7. The smallest absolute Gasteiger partial charge is 0.246 e. The zero-order valence-corrected chi connectivity index (χ0v) is 21.8. The summed E-state index contributed by atoms with van der Waals surface area (Å²) in [4.78, 5) is 26.5. The molecule has 0 saturated carbocycles. The minimum Gasteiger partial charge on any atom is -0.357 e. The molecule has 3 rings (SSSR count). The number of nitrogens with zero attached hydrogens (tertiary/aromatic N) is 7. The van der Waals surface area contributed by atoms with Gasteiger partial charge in [-0.25, -0.2) is 0 Å². The van der Waals surface area contributed by atoms with E-state index in [0.717, 1.165) is 57.5 Å². The van der Waals surface area contributed by atoms with E-state index in [0.29, 0.717) is 19.0 Å². The minimum atomic E-state index is 0. The van der Waals surface area contributed by atoms with Gasteiger partial charge in [0.1, 0.15) is 6.54 Å². The van der Waals surface area contributed by atoms with Gasteiger partial charge in [0, 0.05) is 72.1 Å². The molecule has 1 aromatic heterocycles. The lowest BCUT2D eigenvalue weighted by Gasteiger charge is -2.36. The van der Waals surface area contributed by atoms with Gasteiger partial charge < -0.3 is 24.9 Å². The fourth-order valence-corrected chi connectivity index (χ4v) is 4.13. The summed E-state index contributed by atoms with van der Waals surface area (Å²) < 4.78 is 1.73. The number of hydrogen-bond donors (Lipinski definition) is 1. The quantitative estimate of drug-likeness (QED) is 0.312. The fraction of sp³-hybridized carbons (Fsp3) is 0.762. The molecule has 10 heteroatoms. The van der Waals surface area contributed by atoms with Crippen LogP contribution in [0.2, 0.25) is 0 Å². The molecule has 3 heterocycles. The zero-order valence-electron chi connectivity index (χ0n) is 19.5. The van der Waals surface area contributed by atoms with Crippen LogP contribution in [-0.2, 0) is 11.8 Å². The van der Waals surface area contributed by atoms with Crippen molar-refractivity contribution in [1.82, 2.24) is 29.8 Å². The van der Waals surface area contributed by atoms with E-state index in [9.17, 15) is 4.79 Å². The summed E-state index contributed by atoms with van der Waals surface area (Å²) in [6.07, 6.45) is 3.63. The number of piperazine rings is 2. The molecule has 0 radical (unpaired) electrons. The largest absolute Gasteiger partial charge is 0.357 e. The lowest BCUT2D eigenvalue weighted by atomic mass is 10.1. The van der Waals surface area contributed by atoms with Crippen molar-refractivity contribution in [3.8, 4) is 0 Å². The van der Waals surface area contributed by atoms with E-state index in [2.05, 4.69) is 45.9 Å². The first-order valence-electron chi connectivity index (χ1n) is 11.3. The Bertz CT molecular complexity index is 716. The number of rotatable bonds is 7. The van der Waals surface area contributed by atoms with Crippen molar-refractivity contribution >= 4 is 41.5 Å². The molecule has 176 valence electrons. The van der Waals surface area contributed by atoms with E-state index < -0.39 is 0 Å². The number of nitrogens with one attached hydrogen (secondary N) is 1. The lowest BCUT2D eigenvalue weighted by molar-refractivity contribution is -0.120. The Morgan fingerprint density at radius 1 is 1.16 bits per heavy atom. The normalized spacial score (nSPS) is 20.0. The molecule has 9 nitrogen and oxygen atoms in total. The third-order valence-corrected chi connectivity index (χ3v) is 5.89. The Morgan fingerprint density at radius 3 is 2.45 bits per heavy atom. The number of guanidine groups is 1. The van der Waals surface area contributed by atoms with Crippen molar-refractivity contribution in [2.45, 2.75) is 20.8 Å². The van der Waals surface area contributed by atoms with Crippen molar-refractivity contribution in [3.05, 3.63) is 12.4 Å². The van der Waals surface area contributed by atoms with Crippen LogP contribution in [0.3, 0.4) is 0 Å². The molecule has 31 heavy (non-hydrogen) atoms. The highest BCUT2D eigenvalue weighted by molar-refractivity contribution is 14.0. The maximum absolute atomic E-state index is 12.7. The third kappa shape index (κ3) is 7.31. The highest BCUT2D eigenvalue weighted by atomic mass is 127.